The number of hydrogen-bond acceptors (Lipinski definition) is 6. The van der Waals surface area contributed by atoms with Crippen LogP contribution in [-0.4, -0.2) is 37.2 Å². The highest BCUT2D eigenvalue weighted by molar-refractivity contribution is 7.92. The average molecular weight is 471 g/mol. The van der Waals surface area contributed by atoms with Crippen molar-refractivity contribution in [2.75, 3.05) is 17.8 Å². The summed E-state index contributed by atoms with van der Waals surface area (Å²) in [5.41, 5.74) is 0.301. The molecule has 0 unspecified atom stereocenters. The number of fused-ring (bicyclic) bond motifs is 2. The summed E-state index contributed by atoms with van der Waals surface area (Å²) < 4.78 is 65.0. The number of anilines is 1. The van der Waals surface area contributed by atoms with E-state index in [0.29, 0.717) is 28.1 Å². The van der Waals surface area contributed by atoms with Crippen molar-refractivity contribution in [3.8, 4) is 22.6 Å². The Kier molecular flexibility index (Phi) is 4.78. The van der Waals surface area contributed by atoms with Gasteiger partial charge >= 0.3 is 0 Å². The van der Waals surface area contributed by atoms with Crippen LogP contribution in [0.4, 0.5) is 14.5 Å². The molecule has 1 aliphatic heterocycles. The van der Waals surface area contributed by atoms with Gasteiger partial charge in [0.05, 0.1) is 17.5 Å². The van der Waals surface area contributed by atoms with Crippen molar-refractivity contribution in [1.82, 2.24) is 9.97 Å². The van der Waals surface area contributed by atoms with E-state index in [2.05, 4.69) is 9.97 Å². The molecule has 0 fully saturated rings. The number of sulfonamides is 1. The second-order valence-electron chi connectivity index (χ2n) is 7.38. The topological polar surface area (TPSA) is 110 Å². The Hall–Kier alpha value is -3.99. The monoisotopic (exact) mass is 471 g/mol. The smallest absolute Gasteiger partial charge is 0.231 e. The second-order valence-corrected chi connectivity index (χ2v) is 9.13. The highest BCUT2D eigenvalue weighted by atomic mass is 32.2. The molecule has 0 saturated carbocycles. The molecule has 4 aromatic rings. The highest BCUT2D eigenvalue weighted by Gasteiger charge is 2.25. The first-order valence-corrected chi connectivity index (χ1v) is 11.5. The molecule has 2 N–H and O–H groups in total. The lowest BCUT2D eigenvalue weighted by Gasteiger charge is -2.10. The van der Waals surface area contributed by atoms with E-state index in [1.807, 2.05) is 4.72 Å². The van der Waals surface area contributed by atoms with Crippen molar-refractivity contribution in [1.29, 1.82) is 0 Å². The summed E-state index contributed by atoms with van der Waals surface area (Å²) in [6.07, 6.45) is 3.71. The SMILES string of the molecule is CS(=O)(=O)Nc1ccc(F)c(C(=O)c2c[nH]c3ncc(-c4ccc5c(c4)OCO5)cc23)c1F. The number of rotatable bonds is 5. The van der Waals surface area contributed by atoms with Crippen molar-refractivity contribution in [3.63, 3.8) is 0 Å². The fraction of sp³-hybridized carbons (Fsp3) is 0.0909. The number of halogens is 2. The van der Waals surface area contributed by atoms with E-state index < -0.39 is 38.7 Å². The lowest BCUT2D eigenvalue weighted by atomic mass is 9.99. The zero-order valence-corrected chi connectivity index (χ0v) is 17.8. The minimum absolute atomic E-state index is 0.0191. The highest BCUT2D eigenvalue weighted by Crippen LogP contribution is 2.36. The Morgan fingerprint density at radius 3 is 2.67 bits per heavy atom. The molecule has 3 heterocycles. The maximum absolute atomic E-state index is 14.9. The summed E-state index contributed by atoms with van der Waals surface area (Å²) in [6.45, 7) is 0.122. The first kappa shape index (κ1) is 20.9. The molecule has 0 spiro atoms. The van der Waals surface area contributed by atoms with Gasteiger partial charge in [0.25, 0.3) is 0 Å². The standard InChI is InChI=1S/C22H15F2N3O5S/c1-33(29,30)27-16-4-3-15(23)19(20(16)24)21(28)14-9-26-22-13(14)6-12(8-25-22)11-2-5-17-18(7-11)32-10-31-17/h2-9,27H,10H2,1H3,(H,25,26). The van der Waals surface area contributed by atoms with Gasteiger partial charge in [0.2, 0.25) is 22.6 Å². The van der Waals surface area contributed by atoms with Gasteiger partial charge in [0, 0.05) is 28.9 Å². The van der Waals surface area contributed by atoms with Gasteiger partial charge in [-0.25, -0.2) is 22.2 Å². The maximum atomic E-state index is 14.9. The molecule has 2 aromatic carbocycles. The molecule has 11 heteroatoms. The summed E-state index contributed by atoms with van der Waals surface area (Å²) in [6, 6.07) is 8.71. The molecule has 0 aliphatic carbocycles. The van der Waals surface area contributed by atoms with Gasteiger partial charge in [-0.15, -0.1) is 0 Å². The van der Waals surface area contributed by atoms with Crippen molar-refractivity contribution in [2.45, 2.75) is 0 Å². The quantitative estimate of drug-likeness (QED) is 0.428. The molecule has 0 radical (unpaired) electrons. The van der Waals surface area contributed by atoms with Crippen LogP contribution in [-0.2, 0) is 10.0 Å². The molecule has 33 heavy (non-hydrogen) atoms. The first-order chi connectivity index (χ1) is 15.7. The number of benzene rings is 2. The third kappa shape index (κ3) is 3.76. The number of ether oxygens (including phenoxy) is 2. The van der Waals surface area contributed by atoms with Gasteiger partial charge in [-0.1, -0.05) is 6.07 Å². The molecule has 0 saturated heterocycles. The van der Waals surface area contributed by atoms with E-state index in [1.54, 1.807) is 30.5 Å². The van der Waals surface area contributed by atoms with Crippen LogP contribution in [0.3, 0.4) is 0 Å². The van der Waals surface area contributed by atoms with Crippen LogP contribution in [0.5, 0.6) is 11.5 Å². The van der Waals surface area contributed by atoms with Crippen LogP contribution >= 0.6 is 0 Å². The number of pyridine rings is 1. The molecular weight excluding hydrogens is 456 g/mol. The zero-order chi connectivity index (χ0) is 23.3. The number of nitrogens with zero attached hydrogens (tertiary/aromatic N) is 1. The fourth-order valence-corrected chi connectivity index (χ4v) is 4.16. The summed E-state index contributed by atoms with van der Waals surface area (Å²) in [4.78, 5) is 20.3. The molecule has 8 nitrogen and oxygen atoms in total. The van der Waals surface area contributed by atoms with E-state index in [0.717, 1.165) is 24.0 Å². The van der Waals surface area contributed by atoms with Gasteiger partial charge in [-0.3, -0.25) is 9.52 Å². The number of H-pyrrole nitrogens is 1. The number of ketones is 1. The van der Waals surface area contributed by atoms with Gasteiger partial charge < -0.3 is 14.5 Å². The van der Waals surface area contributed by atoms with E-state index in [1.165, 1.54) is 6.20 Å². The van der Waals surface area contributed by atoms with E-state index in [4.69, 9.17) is 9.47 Å². The number of carbonyl (C=O) groups is 1. The van der Waals surface area contributed by atoms with Gasteiger partial charge in [0.1, 0.15) is 11.5 Å². The van der Waals surface area contributed by atoms with Crippen molar-refractivity contribution in [2.24, 2.45) is 0 Å². The van der Waals surface area contributed by atoms with E-state index in [9.17, 15) is 22.0 Å². The summed E-state index contributed by atoms with van der Waals surface area (Å²) >= 11 is 0. The number of carbonyl (C=O) groups excluding carboxylic acids is 1. The summed E-state index contributed by atoms with van der Waals surface area (Å²) in [7, 11) is -3.84. The lowest BCUT2D eigenvalue weighted by molar-refractivity contribution is 0.103. The Morgan fingerprint density at radius 1 is 1.09 bits per heavy atom. The Labute approximate surface area is 186 Å². The van der Waals surface area contributed by atoms with Crippen LogP contribution < -0.4 is 14.2 Å². The predicted octanol–water partition coefficient (Wildman–Crippen LogP) is 3.84. The summed E-state index contributed by atoms with van der Waals surface area (Å²) in [5, 5.41) is 0.343. The molecule has 0 amide bonds. The minimum Gasteiger partial charge on any atom is -0.454 e. The molecule has 0 bridgehead atoms. The van der Waals surface area contributed by atoms with Crippen molar-refractivity contribution < 1.29 is 31.5 Å². The zero-order valence-electron chi connectivity index (χ0n) is 17.0. The molecule has 0 atom stereocenters. The number of hydrogen-bond donors (Lipinski definition) is 2. The normalized spacial score (nSPS) is 12.8. The number of aromatic nitrogens is 2. The first-order valence-electron chi connectivity index (χ1n) is 9.59. The van der Waals surface area contributed by atoms with Gasteiger partial charge in [-0.2, -0.15) is 0 Å². The van der Waals surface area contributed by atoms with Gasteiger partial charge in [-0.05, 0) is 35.9 Å². The maximum Gasteiger partial charge on any atom is 0.231 e. The molecule has 5 rings (SSSR count). The van der Waals surface area contributed by atoms with Crippen LogP contribution in [0, 0.1) is 11.6 Å². The summed E-state index contributed by atoms with van der Waals surface area (Å²) in [5.74, 6) is -2.21. The Bertz CT molecular complexity index is 1550. The minimum atomic E-state index is -3.84. The van der Waals surface area contributed by atoms with Crippen LogP contribution in [0.2, 0.25) is 0 Å². The molecule has 168 valence electrons. The third-order valence-corrected chi connectivity index (χ3v) is 5.69. The second kappa shape index (κ2) is 7.55. The van der Waals surface area contributed by atoms with Crippen LogP contribution in [0.1, 0.15) is 15.9 Å². The average Bonchev–Trinajstić information content (AvgIpc) is 3.40. The van der Waals surface area contributed by atoms with Crippen molar-refractivity contribution in [3.05, 3.63) is 71.6 Å². The lowest BCUT2D eigenvalue weighted by Crippen LogP contribution is -2.14. The third-order valence-electron chi connectivity index (χ3n) is 5.10. The number of aromatic amines is 1. The molecular formula is C22H15F2N3O5S. The van der Waals surface area contributed by atoms with E-state index >= 15 is 0 Å². The number of nitrogens with one attached hydrogen (secondary N) is 2. The fourth-order valence-electron chi connectivity index (χ4n) is 3.60. The van der Waals surface area contributed by atoms with E-state index in [-0.39, 0.29) is 12.4 Å². The van der Waals surface area contributed by atoms with Crippen LogP contribution in [0.25, 0.3) is 22.2 Å². The van der Waals surface area contributed by atoms with Crippen molar-refractivity contribution >= 4 is 32.5 Å². The largest absolute Gasteiger partial charge is 0.454 e. The molecule has 2 aromatic heterocycles. The van der Waals surface area contributed by atoms with Crippen LogP contribution in [0.15, 0.2) is 48.8 Å². The Balaban J connectivity index is 1.59. The Morgan fingerprint density at radius 2 is 1.88 bits per heavy atom. The predicted molar refractivity (Wildman–Crippen MR) is 116 cm³/mol. The van der Waals surface area contributed by atoms with Gasteiger partial charge in [0.15, 0.2) is 17.3 Å². The molecule has 1 aliphatic rings.